The first-order valence-corrected chi connectivity index (χ1v) is 7.76. The van der Waals surface area contributed by atoms with Crippen LogP contribution >= 0.6 is 0 Å². The van der Waals surface area contributed by atoms with Gasteiger partial charge in [0.25, 0.3) is 0 Å². The Morgan fingerprint density at radius 3 is 2.52 bits per heavy atom. The van der Waals surface area contributed by atoms with Crippen LogP contribution < -0.4 is 0 Å². The van der Waals surface area contributed by atoms with Crippen molar-refractivity contribution in [2.75, 3.05) is 0 Å². The van der Waals surface area contributed by atoms with Gasteiger partial charge in [0.1, 0.15) is 5.41 Å². The molecule has 6 nitrogen and oxygen atoms in total. The monoisotopic (exact) mass is 317 g/mol. The number of amides is 1. The molecule has 0 bridgehead atoms. The number of benzene rings is 1. The molecule has 2 N–H and O–H groups in total. The molecule has 1 aliphatic heterocycles. The van der Waals surface area contributed by atoms with Crippen molar-refractivity contribution in [3.63, 3.8) is 0 Å². The highest BCUT2D eigenvalue weighted by atomic mass is 16.4. The Hall–Kier alpha value is -2.37. The fraction of sp³-hybridized carbons (Fsp3) is 0.471. The standard InChI is InChI=1S/C17H19NO5/c19-14(20)9-12-15(21)18(10-11-5-2-1-3-6-11)13-7-4-8-17(12,13)16(22)23/h1-3,5-6,12-13H,4,7-10H2,(H,19,20)(H,22,23)/t12-,13-,17+/m0/s1. The topological polar surface area (TPSA) is 94.9 Å². The van der Waals surface area contributed by atoms with Crippen molar-refractivity contribution in [2.45, 2.75) is 38.3 Å². The Morgan fingerprint density at radius 2 is 1.91 bits per heavy atom. The number of nitrogens with zero attached hydrogens (tertiary/aromatic N) is 1. The van der Waals surface area contributed by atoms with Crippen molar-refractivity contribution < 1.29 is 24.6 Å². The second-order valence-corrected chi connectivity index (χ2v) is 6.36. The number of likely N-dealkylation sites (tertiary alicyclic amines) is 1. The van der Waals surface area contributed by atoms with Gasteiger partial charge in [-0.05, 0) is 18.4 Å². The second-order valence-electron chi connectivity index (χ2n) is 6.36. The van der Waals surface area contributed by atoms with Crippen molar-refractivity contribution in [3.8, 4) is 0 Å². The molecule has 2 aliphatic rings. The third-order valence-electron chi connectivity index (χ3n) is 5.21. The maximum absolute atomic E-state index is 12.8. The number of aliphatic carboxylic acids is 2. The molecule has 2 fully saturated rings. The van der Waals surface area contributed by atoms with Gasteiger partial charge in [0.15, 0.2) is 0 Å². The number of hydrogen-bond acceptors (Lipinski definition) is 3. The summed E-state index contributed by atoms with van der Waals surface area (Å²) in [6.45, 7) is 0.329. The highest BCUT2D eigenvalue weighted by Crippen LogP contribution is 2.54. The maximum atomic E-state index is 12.8. The zero-order valence-electron chi connectivity index (χ0n) is 12.6. The first-order chi connectivity index (χ1) is 11.0. The smallest absolute Gasteiger partial charge is 0.312 e. The largest absolute Gasteiger partial charge is 0.481 e. The molecule has 1 aliphatic carbocycles. The highest BCUT2D eigenvalue weighted by molar-refractivity contribution is 5.94. The molecule has 1 aromatic carbocycles. The minimum Gasteiger partial charge on any atom is -0.481 e. The molecule has 1 heterocycles. The van der Waals surface area contributed by atoms with E-state index >= 15 is 0 Å². The van der Waals surface area contributed by atoms with Gasteiger partial charge in [-0.3, -0.25) is 14.4 Å². The Balaban J connectivity index is 1.97. The molecule has 1 saturated carbocycles. The van der Waals surface area contributed by atoms with Crippen LogP contribution in [-0.4, -0.2) is 39.0 Å². The SMILES string of the molecule is O=C(O)C[C@H]1C(=O)N(Cc2ccccc2)[C@H]2CCC[C@]21C(=O)O. The number of carbonyl (C=O) groups excluding carboxylic acids is 1. The first kappa shape index (κ1) is 15.5. The van der Waals surface area contributed by atoms with Gasteiger partial charge >= 0.3 is 11.9 Å². The quantitative estimate of drug-likeness (QED) is 0.862. The lowest BCUT2D eigenvalue weighted by Gasteiger charge is -2.30. The molecule has 0 spiro atoms. The molecule has 1 aromatic rings. The van der Waals surface area contributed by atoms with Gasteiger partial charge in [-0.25, -0.2) is 0 Å². The lowest BCUT2D eigenvalue weighted by atomic mass is 9.72. The number of carboxylic acids is 2. The van der Waals surface area contributed by atoms with Gasteiger partial charge in [-0.1, -0.05) is 36.8 Å². The van der Waals surface area contributed by atoms with E-state index < -0.39 is 35.7 Å². The van der Waals surface area contributed by atoms with Crippen LogP contribution in [0.25, 0.3) is 0 Å². The number of fused-ring (bicyclic) bond motifs is 1. The predicted molar refractivity (Wildman–Crippen MR) is 80.4 cm³/mol. The van der Waals surface area contributed by atoms with Crippen molar-refractivity contribution in [1.29, 1.82) is 0 Å². The van der Waals surface area contributed by atoms with E-state index in [-0.39, 0.29) is 5.91 Å². The highest BCUT2D eigenvalue weighted by Gasteiger charge is 2.65. The minimum atomic E-state index is -1.26. The van der Waals surface area contributed by atoms with Crippen molar-refractivity contribution in [1.82, 2.24) is 4.90 Å². The molecular weight excluding hydrogens is 298 g/mol. The van der Waals surface area contributed by atoms with Gasteiger partial charge in [-0.15, -0.1) is 0 Å². The Morgan fingerprint density at radius 1 is 1.22 bits per heavy atom. The van der Waals surface area contributed by atoms with Crippen molar-refractivity contribution >= 4 is 17.8 Å². The molecule has 1 saturated heterocycles. The van der Waals surface area contributed by atoms with E-state index in [0.717, 1.165) is 5.56 Å². The van der Waals surface area contributed by atoms with Gasteiger partial charge in [0.2, 0.25) is 5.91 Å². The van der Waals surface area contributed by atoms with Gasteiger partial charge in [0, 0.05) is 12.6 Å². The summed E-state index contributed by atoms with van der Waals surface area (Å²) in [5, 5.41) is 18.9. The molecule has 3 atom stereocenters. The molecule has 6 heteroatoms. The third kappa shape index (κ3) is 2.38. The summed E-state index contributed by atoms with van der Waals surface area (Å²) in [5.74, 6) is -3.50. The Labute approximate surface area is 133 Å². The van der Waals surface area contributed by atoms with Crippen LogP contribution in [0, 0.1) is 11.3 Å². The van der Waals surface area contributed by atoms with Crippen LogP contribution in [-0.2, 0) is 20.9 Å². The van der Waals surface area contributed by atoms with Gasteiger partial charge < -0.3 is 15.1 Å². The zero-order valence-corrected chi connectivity index (χ0v) is 12.6. The van der Waals surface area contributed by atoms with Crippen molar-refractivity contribution in [2.24, 2.45) is 11.3 Å². The number of hydrogen-bond donors (Lipinski definition) is 2. The Bertz CT molecular complexity index is 644. The molecule has 0 unspecified atom stereocenters. The molecular formula is C17H19NO5. The lowest BCUT2D eigenvalue weighted by Crippen LogP contribution is -2.43. The van der Waals surface area contributed by atoms with E-state index in [1.54, 1.807) is 4.90 Å². The molecule has 122 valence electrons. The summed E-state index contributed by atoms with van der Waals surface area (Å²) in [6.07, 6.45) is 1.25. The molecule has 0 radical (unpaired) electrons. The summed E-state index contributed by atoms with van der Waals surface area (Å²) in [5.41, 5.74) is -0.340. The number of carboxylic acid groups (broad SMARTS) is 2. The maximum Gasteiger partial charge on any atom is 0.312 e. The zero-order chi connectivity index (χ0) is 16.6. The first-order valence-electron chi connectivity index (χ1n) is 7.76. The molecule has 23 heavy (non-hydrogen) atoms. The van der Waals surface area contributed by atoms with Crippen LogP contribution in [0.2, 0.25) is 0 Å². The van der Waals surface area contributed by atoms with Crippen LogP contribution in [0.3, 0.4) is 0 Å². The van der Waals surface area contributed by atoms with Crippen LogP contribution in [0.1, 0.15) is 31.2 Å². The fourth-order valence-electron chi connectivity index (χ4n) is 4.24. The summed E-state index contributed by atoms with van der Waals surface area (Å²) in [4.78, 5) is 37.5. The number of rotatable bonds is 5. The average Bonchev–Trinajstić information content (AvgIpc) is 3.03. The van der Waals surface area contributed by atoms with E-state index in [1.807, 2.05) is 30.3 Å². The van der Waals surface area contributed by atoms with Crippen molar-refractivity contribution in [3.05, 3.63) is 35.9 Å². The molecule has 0 aromatic heterocycles. The summed E-state index contributed by atoms with van der Waals surface area (Å²) in [6, 6.07) is 8.95. The Kier molecular flexibility index (Phi) is 3.83. The summed E-state index contributed by atoms with van der Waals surface area (Å²) >= 11 is 0. The lowest BCUT2D eigenvalue weighted by molar-refractivity contribution is -0.155. The van der Waals surface area contributed by atoms with E-state index in [9.17, 15) is 19.5 Å². The normalized spacial score (nSPS) is 29.6. The molecule has 1 amide bonds. The summed E-state index contributed by atoms with van der Waals surface area (Å²) in [7, 11) is 0. The predicted octanol–water partition coefficient (Wildman–Crippen LogP) is 1.74. The summed E-state index contributed by atoms with van der Waals surface area (Å²) < 4.78 is 0. The van der Waals surface area contributed by atoms with Crippen LogP contribution in [0.5, 0.6) is 0 Å². The van der Waals surface area contributed by atoms with Gasteiger partial charge in [-0.2, -0.15) is 0 Å². The average molecular weight is 317 g/mol. The van der Waals surface area contributed by atoms with Crippen LogP contribution in [0.4, 0.5) is 0 Å². The van der Waals surface area contributed by atoms with E-state index in [2.05, 4.69) is 0 Å². The van der Waals surface area contributed by atoms with E-state index in [1.165, 1.54) is 0 Å². The van der Waals surface area contributed by atoms with Crippen LogP contribution in [0.15, 0.2) is 30.3 Å². The third-order valence-corrected chi connectivity index (χ3v) is 5.21. The minimum absolute atomic E-state index is 0.329. The fourth-order valence-corrected chi connectivity index (χ4v) is 4.24. The second kappa shape index (κ2) is 5.68. The molecule has 3 rings (SSSR count). The number of carbonyl (C=O) groups is 3. The van der Waals surface area contributed by atoms with E-state index in [0.29, 0.717) is 25.8 Å². The van der Waals surface area contributed by atoms with E-state index in [4.69, 9.17) is 5.11 Å². The van der Waals surface area contributed by atoms with Gasteiger partial charge in [0.05, 0.1) is 12.3 Å².